The van der Waals surface area contributed by atoms with E-state index in [2.05, 4.69) is 24.5 Å². The van der Waals surface area contributed by atoms with E-state index in [0.29, 0.717) is 18.9 Å². The topological polar surface area (TPSA) is 70.6 Å². The van der Waals surface area contributed by atoms with E-state index in [1.54, 1.807) is 0 Å². The van der Waals surface area contributed by atoms with Crippen molar-refractivity contribution in [2.45, 2.75) is 39.0 Å². The summed E-state index contributed by atoms with van der Waals surface area (Å²) in [5.41, 5.74) is 1.77. The largest absolute Gasteiger partial charge is 0.445 e. The Kier molecular flexibility index (Phi) is 8.81. The molecule has 0 fully saturated rings. The Morgan fingerprint density at radius 3 is 2.30 bits per heavy atom. The minimum absolute atomic E-state index is 0.195. The first-order valence-corrected chi connectivity index (χ1v) is 9.47. The second-order valence-electron chi connectivity index (χ2n) is 7.05. The summed E-state index contributed by atoms with van der Waals surface area (Å²) in [6.45, 7) is 6.06. The smallest absolute Gasteiger partial charge is 0.408 e. The highest BCUT2D eigenvalue weighted by atomic mass is 16.5. The lowest BCUT2D eigenvalue weighted by Gasteiger charge is -2.24. The molecule has 0 saturated heterocycles. The third-order valence-corrected chi connectivity index (χ3v) is 4.20. The molecule has 1 amide bonds. The summed E-state index contributed by atoms with van der Waals surface area (Å²) in [7, 11) is 0. The minimum Gasteiger partial charge on any atom is -0.445 e. The fraction of sp³-hybridized carbons (Fsp3) is 0.409. The monoisotopic (exact) mass is 370 g/mol. The highest BCUT2D eigenvalue weighted by Gasteiger charge is 2.23. The van der Waals surface area contributed by atoms with Crippen molar-refractivity contribution < 1.29 is 14.6 Å². The van der Waals surface area contributed by atoms with Crippen molar-refractivity contribution in [3.05, 3.63) is 71.8 Å². The van der Waals surface area contributed by atoms with E-state index >= 15 is 0 Å². The van der Waals surface area contributed by atoms with E-state index < -0.39 is 18.2 Å². The van der Waals surface area contributed by atoms with E-state index in [4.69, 9.17) is 4.74 Å². The third-order valence-electron chi connectivity index (χ3n) is 4.20. The summed E-state index contributed by atoms with van der Waals surface area (Å²) in [5.74, 6) is 0.554. The second-order valence-corrected chi connectivity index (χ2v) is 7.05. The van der Waals surface area contributed by atoms with Crippen molar-refractivity contribution in [3.63, 3.8) is 0 Å². The molecule has 5 heteroatoms. The zero-order valence-corrected chi connectivity index (χ0v) is 16.1. The van der Waals surface area contributed by atoms with Gasteiger partial charge in [-0.15, -0.1) is 0 Å². The second kappa shape index (κ2) is 11.4. The Labute approximate surface area is 161 Å². The summed E-state index contributed by atoms with van der Waals surface area (Å²) >= 11 is 0. The summed E-state index contributed by atoms with van der Waals surface area (Å²) in [6, 6.07) is 18.5. The van der Waals surface area contributed by atoms with Gasteiger partial charge in [0.2, 0.25) is 0 Å². The van der Waals surface area contributed by atoms with E-state index in [9.17, 15) is 9.90 Å². The van der Waals surface area contributed by atoms with Gasteiger partial charge in [0, 0.05) is 0 Å². The molecular formula is C22H30N2O3. The van der Waals surface area contributed by atoms with Crippen LogP contribution in [0.5, 0.6) is 0 Å². The zero-order chi connectivity index (χ0) is 19.5. The SMILES string of the molecule is CC(C)CNCCC(O)C(NC(=O)OCc1ccccc1)c1ccccc1. The van der Waals surface area contributed by atoms with Crippen LogP contribution in [0.15, 0.2) is 60.7 Å². The number of hydrogen-bond donors (Lipinski definition) is 3. The van der Waals surface area contributed by atoms with Crippen LogP contribution in [0.4, 0.5) is 4.79 Å². The first-order chi connectivity index (χ1) is 13.1. The molecule has 0 radical (unpaired) electrons. The molecule has 0 aromatic heterocycles. The third kappa shape index (κ3) is 7.81. The molecule has 0 saturated carbocycles. The highest BCUT2D eigenvalue weighted by Crippen LogP contribution is 2.19. The van der Waals surface area contributed by atoms with Gasteiger partial charge in [0.15, 0.2) is 0 Å². The van der Waals surface area contributed by atoms with Crippen LogP contribution in [0, 0.1) is 5.92 Å². The summed E-state index contributed by atoms with van der Waals surface area (Å²) < 4.78 is 5.31. The molecule has 0 aliphatic heterocycles. The molecule has 27 heavy (non-hydrogen) atoms. The normalized spacial score (nSPS) is 13.2. The van der Waals surface area contributed by atoms with Crippen LogP contribution < -0.4 is 10.6 Å². The molecule has 3 N–H and O–H groups in total. The summed E-state index contributed by atoms with van der Waals surface area (Å²) in [5, 5.41) is 16.8. The maximum Gasteiger partial charge on any atom is 0.408 e. The molecule has 2 unspecified atom stereocenters. The number of hydrogen-bond acceptors (Lipinski definition) is 4. The number of aliphatic hydroxyl groups is 1. The van der Waals surface area contributed by atoms with Crippen LogP contribution in [0.25, 0.3) is 0 Å². The molecule has 2 aromatic carbocycles. The van der Waals surface area contributed by atoms with Gasteiger partial charge in [0.1, 0.15) is 6.61 Å². The van der Waals surface area contributed by atoms with E-state index in [1.807, 2.05) is 60.7 Å². The predicted octanol–water partition coefficient (Wildman–Crippen LogP) is 3.65. The summed E-state index contributed by atoms with van der Waals surface area (Å²) in [6.07, 6.45) is -0.719. The van der Waals surface area contributed by atoms with Crippen LogP contribution in [-0.4, -0.2) is 30.4 Å². The van der Waals surface area contributed by atoms with Gasteiger partial charge in [-0.3, -0.25) is 0 Å². The van der Waals surface area contributed by atoms with Crippen LogP contribution >= 0.6 is 0 Å². The number of ether oxygens (including phenoxy) is 1. The molecule has 146 valence electrons. The number of nitrogens with one attached hydrogen (secondary N) is 2. The molecule has 2 atom stereocenters. The molecule has 0 aliphatic rings. The quantitative estimate of drug-likeness (QED) is 0.558. The van der Waals surface area contributed by atoms with Crippen molar-refractivity contribution in [2.75, 3.05) is 13.1 Å². The van der Waals surface area contributed by atoms with Crippen LogP contribution in [0.1, 0.15) is 37.4 Å². The number of carbonyl (C=O) groups is 1. The predicted molar refractivity (Wildman–Crippen MR) is 107 cm³/mol. The number of aliphatic hydroxyl groups excluding tert-OH is 1. The van der Waals surface area contributed by atoms with Gasteiger partial charge in [-0.05, 0) is 36.6 Å². The van der Waals surface area contributed by atoms with Crippen LogP contribution in [0.3, 0.4) is 0 Å². The Morgan fingerprint density at radius 2 is 1.67 bits per heavy atom. The van der Waals surface area contributed by atoms with E-state index in [-0.39, 0.29) is 6.61 Å². The lowest BCUT2D eigenvalue weighted by molar-refractivity contribution is 0.0963. The van der Waals surface area contributed by atoms with Crippen molar-refractivity contribution in [1.82, 2.24) is 10.6 Å². The molecule has 0 bridgehead atoms. The average Bonchev–Trinajstić information content (AvgIpc) is 2.69. The van der Waals surface area contributed by atoms with Crippen molar-refractivity contribution >= 4 is 6.09 Å². The summed E-state index contributed by atoms with van der Waals surface area (Å²) in [4.78, 5) is 12.3. The van der Waals surface area contributed by atoms with Gasteiger partial charge in [-0.25, -0.2) is 4.79 Å². The molecular weight excluding hydrogens is 340 g/mol. The lowest BCUT2D eigenvalue weighted by atomic mass is 9.99. The van der Waals surface area contributed by atoms with E-state index in [1.165, 1.54) is 0 Å². The Balaban J connectivity index is 1.92. The number of carbonyl (C=O) groups excluding carboxylic acids is 1. The van der Waals surface area contributed by atoms with Crippen LogP contribution in [-0.2, 0) is 11.3 Å². The standard InChI is InChI=1S/C22H30N2O3/c1-17(2)15-23-14-13-20(25)21(19-11-7-4-8-12-19)24-22(26)27-16-18-9-5-3-6-10-18/h3-12,17,20-21,23,25H,13-16H2,1-2H3,(H,24,26). The van der Waals surface area contributed by atoms with Gasteiger partial charge in [-0.2, -0.15) is 0 Å². The van der Waals surface area contributed by atoms with Gasteiger partial charge in [-0.1, -0.05) is 74.5 Å². The Hall–Kier alpha value is -2.37. The Bertz CT molecular complexity index is 662. The number of alkyl carbamates (subject to hydrolysis) is 1. The maximum atomic E-state index is 12.3. The molecule has 2 aromatic rings. The van der Waals surface area contributed by atoms with Crippen molar-refractivity contribution in [2.24, 2.45) is 5.92 Å². The van der Waals surface area contributed by atoms with Gasteiger partial charge in [0.25, 0.3) is 0 Å². The molecule has 0 heterocycles. The van der Waals surface area contributed by atoms with Crippen molar-refractivity contribution in [1.29, 1.82) is 0 Å². The van der Waals surface area contributed by atoms with Gasteiger partial charge < -0.3 is 20.5 Å². The fourth-order valence-electron chi connectivity index (χ4n) is 2.76. The first-order valence-electron chi connectivity index (χ1n) is 9.47. The van der Waals surface area contributed by atoms with Gasteiger partial charge in [0.05, 0.1) is 12.1 Å². The van der Waals surface area contributed by atoms with Crippen LogP contribution in [0.2, 0.25) is 0 Å². The first kappa shape index (κ1) is 20.9. The number of benzene rings is 2. The van der Waals surface area contributed by atoms with Crippen molar-refractivity contribution in [3.8, 4) is 0 Å². The molecule has 0 spiro atoms. The highest BCUT2D eigenvalue weighted by molar-refractivity contribution is 5.68. The average molecular weight is 370 g/mol. The lowest BCUT2D eigenvalue weighted by Crippen LogP contribution is -2.38. The van der Waals surface area contributed by atoms with Gasteiger partial charge >= 0.3 is 6.09 Å². The molecule has 5 nitrogen and oxygen atoms in total. The molecule has 2 rings (SSSR count). The number of rotatable bonds is 10. The number of amides is 1. The maximum absolute atomic E-state index is 12.3. The molecule has 0 aliphatic carbocycles. The fourth-order valence-corrected chi connectivity index (χ4v) is 2.76. The minimum atomic E-state index is -0.712. The Morgan fingerprint density at radius 1 is 1.04 bits per heavy atom. The van der Waals surface area contributed by atoms with E-state index in [0.717, 1.165) is 17.7 Å². The zero-order valence-electron chi connectivity index (χ0n) is 16.1.